The minimum atomic E-state index is 0.489. The lowest BCUT2D eigenvalue weighted by molar-refractivity contribution is 0.429. The molecule has 0 radical (unpaired) electrons. The summed E-state index contributed by atoms with van der Waals surface area (Å²) in [6, 6.07) is 7.04. The molecule has 1 aromatic carbocycles. The summed E-state index contributed by atoms with van der Waals surface area (Å²) in [6.07, 6.45) is 0. The van der Waals surface area contributed by atoms with Gasteiger partial charge in [-0.2, -0.15) is 0 Å². The van der Waals surface area contributed by atoms with Gasteiger partial charge in [0.1, 0.15) is 0 Å². The van der Waals surface area contributed by atoms with E-state index in [1.165, 1.54) is 16.7 Å². The van der Waals surface area contributed by atoms with Crippen molar-refractivity contribution < 1.29 is 0 Å². The predicted molar refractivity (Wildman–Crippen MR) is 59.5 cm³/mol. The molecule has 1 saturated heterocycles. The van der Waals surface area contributed by atoms with Gasteiger partial charge < -0.3 is 10.6 Å². The molecule has 2 rings (SSSR count). The monoisotopic (exact) mass is 190 g/mol. The summed E-state index contributed by atoms with van der Waals surface area (Å²) in [5.74, 6) is 0. The van der Waals surface area contributed by atoms with E-state index in [-0.39, 0.29) is 0 Å². The third-order valence-electron chi connectivity index (χ3n) is 3.06. The van der Waals surface area contributed by atoms with Gasteiger partial charge in [-0.15, -0.1) is 0 Å². The van der Waals surface area contributed by atoms with Gasteiger partial charge in [0, 0.05) is 25.7 Å². The maximum atomic E-state index is 3.54. The lowest BCUT2D eigenvalue weighted by atomic mass is 9.96. The molecule has 2 heteroatoms. The summed E-state index contributed by atoms with van der Waals surface area (Å²) in [5, 5.41) is 6.96. The van der Waals surface area contributed by atoms with Crippen molar-refractivity contribution in [3.05, 3.63) is 34.9 Å². The average molecular weight is 190 g/mol. The largest absolute Gasteiger partial charge is 0.314 e. The number of rotatable bonds is 1. The van der Waals surface area contributed by atoms with Gasteiger partial charge in [-0.1, -0.05) is 18.2 Å². The zero-order valence-electron chi connectivity index (χ0n) is 8.93. The molecule has 1 aliphatic heterocycles. The topological polar surface area (TPSA) is 24.1 Å². The molecule has 0 unspecified atom stereocenters. The van der Waals surface area contributed by atoms with E-state index in [0.717, 1.165) is 19.6 Å². The highest BCUT2D eigenvalue weighted by Gasteiger charge is 2.16. The standard InChI is InChI=1S/C12H18N2/c1-9-4-3-5-11(10(9)2)12-8-13-6-7-14-12/h3-5,12-14H,6-8H2,1-2H3/t12-/m1/s1. The first-order valence-electron chi connectivity index (χ1n) is 5.29. The highest BCUT2D eigenvalue weighted by molar-refractivity contribution is 5.35. The molecule has 2 N–H and O–H groups in total. The maximum absolute atomic E-state index is 3.54. The van der Waals surface area contributed by atoms with E-state index in [2.05, 4.69) is 42.7 Å². The predicted octanol–water partition coefficient (Wildman–Crippen LogP) is 1.54. The molecule has 0 aromatic heterocycles. The van der Waals surface area contributed by atoms with Crippen LogP contribution in [0.2, 0.25) is 0 Å². The Morgan fingerprint density at radius 1 is 1.21 bits per heavy atom. The summed E-state index contributed by atoms with van der Waals surface area (Å²) in [4.78, 5) is 0. The molecule has 1 heterocycles. The summed E-state index contributed by atoms with van der Waals surface area (Å²) >= 11 is 0. The van der Waals surface area contributed by atoms with Crippen molar-refractivity contribution in [2.45, 2.75) is 19.9 Å². The van der Waals surface area contributed by atoms with E-state index in [0.29, 0.717) is 6.04 Å². The van der Waals surface area contributed by atoms with E-state index >= 15 is 0 Å². The molecule has 14 heavy (non-hydrogen) atoms. The number of nitrogens with one attached hydrogen (secondary N) is 2. The van der Waals surface area contributed by atoms with Crippen LogP contribution in [0.5, 0.6) is 0 Å². The molecule has 1 atom stereocenters. The van der Waals surface area contributed by atoms with Crippen molar-refractivity contribution in [3.8, 4) is 0 Å². The minimum absolute atomic E-state index is 0.489. The van der Waals surface area contributed by atoms with Crippen LogP contribution < -0.4 is 10.6 Å². The fourth-order valence-electron chi connectivity index (χ4n) is 2.02. The molecule has 0 spiro atoms. The number of piperazine rings is 1. The van der Waals surface area contributed by atoms with Gasteiger partial charge in [-0.3, -0.25) is 0 Å². The molecular weight excluding hydrogens is 172 g/mol. The first-order valence-corrected chi connectivity index (χ1v) is 5.29. The van der Waals surface area contributed by atoms with Gasteiger partial charge in [0.15, 0.2) is 0 Å². The molecule has 1 aromatic rings. The van der Waals surface area contributed by atoms with Crippen molar-refractivity contribution in [3.63, 3.8) is 0 Å². The van der Waals surface area contributed by atoms with E-state index in [1.807, 2.05) is 0 Å². The molecule has 1 aliphatic rings. The second-order valence-corrected chi connectivity index (χ2v) is 4.00. The third-order valence-corrected chi connectivity index (χ3v) is 3.06. The SMILES string of the molecule is Cc1cccc([C@H]2CNCCN2)c1C. The zero-order chi connectivity index (χ0) is 9.97. The summed E-state index contributed by atoms with van der Waals surface area (Å²) in [6.45, 7) is 7.58. The van der Waals surface area contributed by atoms with Crippen LogP contribution in [0.15, 0.2) is 18.2 Å². The van der Waals surface area contributed by atoms with Crippen molar-refractivity contribution >= 4 is 0 Å². The molecule has 0 aliphatic carbocycles. The van der Waals surface area contributed by atoms with E-state index < -0.39 is 0 Å². The normalized spacial score (nSPS) is 22.3. The fraction of sp³-hybridized carbons (Fsp3) is 0.500. The molecule has 0 amide bonds. The molecule has 1 fully saturated rings. The van der Waals surface area contributed by atoms with Gasteiger partial charge >= 0.3 is 0 Å². The number of hydrogen-bond acceptors (Lipinski definition) is 2. The Kier molecular flexibility index (Phi) is 2.85. The lowest BCUT2D eigenvalue weighted by Gasteiger charge is -2.26. The Balaban J connectivity index is 2.26. The van der Waals surface area contributed by atoms with Crippen LogP contribution in [0, 0.1) is 13.8 Å². The average Bonchev–Trinajstić information content (AvgIpc) is 2.23. The lowest BCUT2D eigenvalue weighted by Crippen LogP contribution is -2.42. The van der Waals surface area contributed by atoms with Crippen molar-refractivity contribution in [1.29, 1.82) is 0 Å². The number of hydrogen-bond donors (Lipinski definition) is 2. The van der Waals surface area contributed by atoms with Crippen LogP contribution in [0.25, 0.3) is 0 Å². The Bertz CT molecular complexity index is 314. The van der Waals surface area contributed by atoms with Crippen molar-refractivity contribution in [1.82, 2.24) is 10.6 Å². The van der Waals surface area contributed by atoms with Crippen LogP contribution in [-0.4, -0.2) is 19.6 Å². The van der Waals surface area contributed by atoms with E-state index in [4.69, 9.17) is 0 Å². The molecular formula is C12H18N2. The van der Waals surface area contributed by atoms with Gasteiger partial charge in [0.25, 0.3) is 0 Å². The van der Waals surface area contributed by atoms with E-state index in [1.54, 1.807) is 0 Å². The second kappa shape index (κ2) is 4.11. The van der Waals surface area contributed by atoms with Crippen LogP contribution in [0.4, 0.5) is 0 Å². The summed E-state index contributed by atoms with van der Waals surface area (Å²) in [7, 11) is 0. The van der Waals surface area contributed by atoms with Crippen LogP contribution in [-0.2, 0) is 0 Å². The smallest absolute Gasteiger partial charge is 0.0449 e. The first-order chi connectivity index (χ1) is 6.79. The highest BCUT2D eigenvalue weighted by Crippen LogP contribution is 2.20. The van der Waals surface area contributed by atoms with Crippen molar-refractivity contribution in [2.75, 3.05) is 19.6 Å². The highest BCUT2D eigenvalue weighted by atomic mass is 15.1. The van der Waals surface area contributed by atoms with Crippen LogP contribution in [0.3, 0.4) is 0 Å². The number of benzene rings is 1. The molecule has 76 valence electrons. The fourth-order valence-corrected chi connectivity index (χ4v) is 2.02. The zero-order valence-corrected chi connectivity index (χ0v) is 8.93. The van der Waals surface area contributed by atoms with Gasteiger partial charge in [-0.25, -0.2) is 0 Å². The molecule has 0 saturated carbocycles. The maximum Gasteiger partial charge on any atom is 0.0449 e. The molecule has 2 nitrogen and oxygen atoms in total. The second-order valence-electron chi connectivity index (χ2n) is 4.00. The van der Waals surface area contributed by atoms with Gasteiger partial charge in [0.2, 0.25) is 0 Å². The summed E-state index contributed by atoms with van der Waals surface area (Å²) < 4.78 is 0. The van der Waals surface area contributed by atoms with Crippen LogP contribution >= 0.6 is 0 Å². The Labute approximate surface area is 85.7 Å². The Morgan fingerprint density at radius 3 is 2.79 bits per heavy atom. The van der Waals surface area contributed by atoms with E-state index in [9.17, 15) is 0 Å². The van der Waals surface area contributed by atoms with Crippen molar-refractivity contribution in [2.24, 2.45) is 0 Å². The first kappa shape index (κ1) is 9.69. The minimum Gasteiger partial charge on any atom is -0.314 e. The van der Waals surface area contributed by atoms with Gasteiger partial charge in [-0.05, 0) is 30.5 Å². The Hall–Kier alpha value is -0.860. The molecule has 0 bridgehead atoms. The number of aryl methyl sites for hydroxylation is 1. The quantitative estimate of drug-likeness (QED) is 0.702. The summed E-state index contributed by atoms with van der Waals surface area (Å²) in [5.41, 5.74) is 4.25. The third kappa shape index (κ3) is 1.81. The Morgan fingerprint density at radius 2 is 2.07 bits per heavy atom. The van der Waals surface area contributed by atoms with Crippen LogP contribution in [0.1, 0.15) is 22.7 Å². The van der Waals surface area contributed by atoms with Gasteiger partial charge in [0.05, 0.1) is 0 Å².